The van der Waals surface area contributed by atoms with Crippen molar-refractivity contribution in [2.24, 2.45) is 5.41 Å². The van der Waals surface area contributed by atoms with Crippen molar-refractivity contribution >= 4 is 11.8 Å². The van der Waals surface area contributed by atoms with Gasteiger partial charge in [-0.1, -0.05) is 12.1 Å². The summed E-state index contributed by atoms with van der Waals surface area (Å²) in [5.74, 6) is -0.390. The zero-order valence-electron chi connectivity index (χ0n) is 12.1. The van der Waals surface area contributed by atoms with E-state index in [-0.39, 0.29) is 17.2 Å². The molecule has 2 aliphatic heterocycles. The second-order valence-corrected chi connectivity index (χ2v) is 6.09. The molecule has 0 saturated carbocycles. The predicted molar refractivity (Wildman–Crippen MR) is 79.5 cm³/mol. The van der Waals surface area contributed by atoms with E-state index in [1.54, 1.807) is 24.3 Å². The number of imide groups is 1. The fourth-order valence-electron chi connectivity index (χ4n) is 3.20. The second kappa shape index (κ2) is 4.81. The molecule has 2 amide bonds. The average molecular weight is 296 g/mol. The highest BCUT2D eigenvalue weighted by Crippen LogP contribution is 2.34. The quantitative estimate of drug-likeness (QED) is 0.808. The van der Waals surface area contributed by atoms with E-state index in [1.165, 1.54) is 4.90 Å². The Labute approximate surface area is 128 Å². The molecule has 1 fully saturated rings. The van der Waals surface area contributed by atoms with E-state index in [4.69, 9.17) is 4.74 Å². The molecule has 1 aromatic heterocycles. The van der Waals surface area contributed by atoms with E-state index in [0.717, 1.165) is 6.54 Å². The van der Waals surface area contributed by atoms with Gasteiger partial charge in [0.05, 0.1) is 29.8 Å². The number of amides is 2. The van der Waals surface area contributed by atoms with Crippen molar-refractivity contribution in [3.05, 3.63) is 59.9 Å². The normalized spacial score (nSPS) is 19.2. The summed E-state index contributed by atoms with van der Waals surface area (Å²) in [7, 11) is 0. The number of rotatable bonds is 4. The van der Waals surface area contributed by atoms with E-state index in [0.29, 0.717) is 30.9 Å². The van der Waals surface area contributed by atoms with Gasteiger partial charge in [-0.3, -0.25) is 14.5 Å². The van der Waals surface area contributed by atoms with Crippen LogP contribution in [0.5, 0.6) is 0 Å². The highest BCUT2D eigenvalue weighted by Gasteiger charge is 2.46. The van der Waals surface area contributed by atoms with Gasteiger partial charge >= 0.3 is 0 Å². The van der Waals surface area contributed by atoms with Crippen molar-refractivity contribution in [3.8, 4) is 0 Å². The van der Waals surface area contributed by atoms with Gasteiger partial charge in [0.15, 0.2) is 0 Å². The molecule has 0 atom stereocenters. The summed E-state index contributed by atoms with van der Waals surface area (Å²) in [5.41, 5.74) is 0.819. The molecule has 0 N–H and O–H groups in total. The van der Waals surface area contributed by atoms with Crippen LogP contribution in [-0.2, 0) is 11.3 Å². The third-order valence-corrected chi connectivity index (χ3v) is 4.37. The number of hydrogen-bond acceptors (Lipinski definition) is 3. The first-order chi connectivity index (χ1) is 10.7. The molecule has 5 heteroatoms. The van der Waals surface area contributed by atoms with E-state index >= 15 is 0 Å². The van der Waals surface area contributed by atoms with Crippen LogP contribution in [0.4, 0.5) is 0 Å². The first kappa shape index (κ1) is 13.3. The fourth-order valence-corrected chi connectivity index (χ4v) is 3.20. The molecule has 4 rings (SSSR count). The Kier molecular flexibility index (Phi) is 2.90. The lowest BCUT2D eigenvalue weighted by atomic mass is 9.85. The minimum absolute atomic E-state index is 0.188. The van der Waals surface area contributed by atoms with Crippen molar-refractivity contribution in [1.29, 1.82) is 0 Å². The summed E-state index contributed by atoms with van der Waals surface area (Å²) in [5, 5.41) is 0. The third kappa shape index (κ3) is 1.97. The minimum Gasteiger partial charge on any atom is -0.380 e. The molecule has 2 aliphatic rings. The molecule has 0 spiro atoms. The first-order valence-electron chi connectivity index (χ1n) is 7.32. The maximum Gasteiger partial charge on any atom is 0.261 e. The van der Waals surface area contributed by atoms with Crippen molar-refractivity contribution < 1.29 is 14.3 Å². The summed E-state index contributed by atoms with van der Waals surface area (Å²) in [6, 6.07) is 10.9. The molecule has 1 aromatic carbocycles. The Morgan fingerprint density at radius 1 is 0.909 bits per heavy atom. The van der Waals surface area contributed by atoms with E-state index in [2.05, 4.69) is 4.57 Å². The lowest BCUT2D eigenvalue weighted by molar-refractivity contribution is -0.127. The molecule has 112 valence electrons. The number of benzene rings is 1. The third-order valence-electron chi connectivity index (χ3n) is 4.37. The fraction of sp³-hybridized carbons (Fsp3) is 0.294. The van der Waals surface area contributed by atoms with Gasteiger partial charge in [-0.15, -0.1) is 0 Å². The zero-order valence-corrected chi connectivity index (χ0v) is 12.1. The van der Waals surface area contributed by atoms with Crippen LogP contribution in [0.25, 0.3) is 0 Å². The summed E-state index contributed by atoms with van der Waals surface area (Å²) in [6.45, 7) is 2.28. The van der Waals surface area contributed by atoms with Gasteiger partial charge in [0, 0.05) is 25.5 Å². The first-order valence-corrected chi connectivity index (χ1v) is 7.32. The summed E-state index contributed by atoms with van der Waals surface area (Å²) in [4.78, 5) is 26.3. The Morgan fingerprint density at radius 3 is 2.00 bits per heavy atom. The second-order valence-electron chi connectivity index (χ2n) is 6.09. The zero-order chi connectivity index (χ0) is 15.2. The molecule has 22 heavy (non-hydrogen) atoms. The number of carbonyl (C=O) groups is 2. The van der Waals surface area contributed by atoms with Gasteiger partial charge < -0.3 is 9.30 Å². The number of fused-ring (bicyclic) bond motifs is 1. The van der Waals surface area contributed by atoms with Crippen molar-refractivity contribution in [3.63, 3.8) is 0 Å². The van der Waals surface area contributed by atoms with E-state index in [9.17, 15) is 9.59 Å². The monoisotopic (exact) mass is 296 g/mol. The van der Waals surface area contributed by atoms with Crippen molar-refractivity contribution in [1.82, 2.24) is 9.47 Å². The average Bonchev–Trinajstić information content (AvgIpc) is 3.08. The SMILES string of the molecule is O=C1c2ccccc2C(=O)N1CC1(Cn2cccc2)COC1. The van der Waals surface area contributed by atoms with Gasteiger partial charge in [-0.2, -0.15) is 0 Å². The van der Waals surface area contributed by atoms with Crippen molar-refractivity contribution in [2.75, 3.05) is 19.8 Å². The molecule has 5 nitrogen and oxygen atoms in total. The van der Waals surface area contributed by atoms with Crippen LogP contribution in [-0.4, -0.2) is 41.0 Å². The summed E-state index contributed by atoms with van der Waals surface area (Å²) in [6.07, 6.45) is 3.98. The largest absolute Gasteiger partial charge is 0.380 e. The van der Waals surface area contributed by atoms with Gasteiger partial charge in [-0.05, 0) is 24.3 Å². The van der Waals surface area contributed by atoms with E-state index in [1.807, 2.05) is 24.5 Å². The van der Waals surface area contributed by atoms with Crippen LogP contribution in [0, 0.1) is 5.41 Å². The van der Waals surface area contributed by atoms with Gasteiger partial charge in [0.2, 0.25) is 0 Å². The molecule has 1 saturated heterocycles. The highest BCUT2D eigenvalue weighted by molar-refractivity contribution is 6.21. The Hall–Kier alpha value is -2.40. The molecule has 2 aromatic rings. The van der Waals surface area contributed by atoms with Crippen LogP contribution < -0.4 is 0 Å². The van der Waals surface area contributed by atoms with Crippen LogP contribution in [0.15, 0.2) is 48.8 Å². The number of nitrogens with zero attached hydrogens (tertiary/aromatic N) is 2. The number of ether oxygens (including phenoxy) is 1. The molecule has 3 heterocycles. The lowest BCUT2D eigenvalue weighted by Gasteiger charge is -2.43. The van der Waals surface area contributed by atoms with Gasteiger partial charge in [0.25, 0.3) is 11.8 Å². The van der Waals surface area contributed by atoms with Crippen LogP contribution in [0.1, 0.15) is 20.7 Å². The molecular formula is C17H16N2O3. The Morgan fingerprint density at radius 2 is 1.50 bits per heavy atom. The lowest BCUT2D eigenvalue weighted by Crippen LogP contribution is -2.54. The van der Waals surface area contributed by atoms with E-state index < -0.39 is 0 Å². The molecular weight excluding hydrogens is 280 g/mol. The molecule has 0 bridgehead atoms. The van der Waals surface area contributed by atoms with Crippen LogP contribution in [0.3, 0.4) is 0 Å². The van der Waals surface area contributed by atoms with Gasteiger partial charge in [-0.25, -0.2) is 0 Å². The maximum absolute atomic E-state index is 12.5. The topological polar surface area (TPSA) is 51.5 Å². The molecule has 0 unspecified atom stereocenters. The Balaban J connectivity index is 1.58. The standard InChI is InChI=1S/C17H16N2O3/c20-15-13-5-1-2-6-14(13)16(21)19(15)10-17(11-22-12-17)9-18-7-3-4-8-18/h1-8H,9-12H2. The van der Waals surface area contributed by atoms with Gasteiger partial charge in [0.1, 0.15) is 0 Å². The number of aromatic nitrogens is 1. The Bertz CT molecular complexity index is 697. The van der Waals surface area contributed by atoms with Crippen molar-refractivity contribution in [2.45, 2.75) is 6.54 Å². The van der Waals surface area contributed by atoms with Crippen LogP contribution in [0.2, 0.25) is 0 Å². The predicted octanol–water partition coefficient (Wildman–Crippen LogP) is 1.80. The molecule has 0 aliphatic carbocycles. The highest BCUT2D eigenvalue weighted by atomic mass is 16.5. The smallest absolute Gasteiger partial charge is 0.261 e. The minimum atomic E-state index is -0.195. The number of hydrogen-bond donors (Lipinski definition) is 0. The van der Waals surface area contributed by atoms with Crippen LogP contribution >= 0.6 is 0 Å². The maximum atomic E-state index is 12.5. The number of carbonyl (C=O) groups excluding carboxylic acids is 2. The summed E-state index contributed by atoms with van der Waals surface area (Å²) >= 11 is 0. The molecule has 0 radical (unpaired) electrons. The summed E-state index contributed by atoms with van der Waals surface area (Å²) < 4.78 is 7.45.